The highest BCUT2D eigenvalue weighted by molar-refractivity contribution is 5.90. The zero-order valence-corrected chi connectivity index (χ0v) is 12.3. The third-order valence-corrected chi connectivity index (χ3v) is 3.84. The molecule has 0 spiro atoms. The molecule has 1 aliphatic rings. The monoisotopic (exact) mass is 308 g/mol. The zero-order valence-electron chi connectivity index (χ0n) is 12.3. The van der Waals surface area contributed by atoms with Crippen molar-refractivity contribution in [1.29, 1.82) is 0 Å². The minimum absolute atomic E-state index is 0.0153. The topological polar surface area (TPSA) is 49.4 Å². The van der Waals surface area contributed by atoms with Crippen LogP contribution in [0.5, 0.6) is 0 Å². The number of halogens is 2. The highest BCUT2D eigenvalue weighted by atomic mass is 19.1. The molecule has 0 heterocycles. The van der Waals surface area contributed by atoms with E-state index in [9.17, 15) is 18.4 Å². The molecule has 6 heteroatoms. The molecular weight excluding hydrogens is 290 g/mol. The molecule has 2 rings (SSSR count). The van der Waals surface area contributed by atoms with Gasteiger partial charge in [0.2, 0.25) is 11.8 Å². The van der Waals surface area contributed by atoms with Crippen LogP contribution in [0.3, 0.4) is 0 Å². The van der Waals surface area contributed by atoms with Gasteiger partial charge in [0.15, 0.2) is 0 Å². The molecule has 0 unspecified atom stereocenters. The van der Waals surface area contributed by atoms with E-state index in [-0.39, 0.29) is 30.3 Å². The molecule has 1 fully saturated rings. The predicted octanol–water partition coefficient (Wildman–Crippen LogP) is 1.97. The first kappa shape index (κ1) is 16.1. The summed E-state index contributed by atoms with van der Waals surface area (Å²) in [6, 6.07) is 3.51. The summed E-state index contributed by atoms with van der Waals surface area (Å²) in [5.41, 5.74) is 0.478. The molecule has 2 amide bonds. The maximum Gasteiger partial charge on any atom is 0.246 e. The number of amides is 2. The van der Waals surface area contributed by atoms with Gasteiger partial charge in [-0.05, 0) is 36.5 Å². The van der Waals surface area contributed by atoms with Crippen LogP contribution in [-0.2, 0) is 9.59 Å². The summed E-state index contributed by atoms with van der Waals surface area (Å²) in [5, 5.41) is 2.79. The zero-order chi connectivity index (χ0) is 16.3. The molecule has 0 saturated heterocycles. The number of carbonyl (C=O) groups is 2. The highest BCUT2D eigenvalue weighted by Crippen LogP contribution is 2.38. The largest absolute Gasteiger partial charge is 0.352 e. The molecule has 118 valence electrons. The standard InChI is InChI=1S/C16H18F2N2O2/c1-3-16(22)20(2)9-15(21)19-12-6-10(7-12)13-5-4-11(17)8-14(13)18/h3-5,8,10,12H,1,6-7,9H2,2H3,(H,19,21). The summed E-state index contributed by atoms with van der Waals surface area (Å²) in [6.45, 7) is 3.31. The van der Waals surface area contributed by atoms with E-state index < -0.39 is 11.6 Å². The van der Waals surface area contributed by atoms with Gasteiger partial charge in [-0.25, -0.2) is 8.78 Å². The van der Waals surface area contributed by atoms with E-state index >= 15 is 0 Å². The maximum absolute atomic E-state index is 13.6. The van der Waals surface area contributed by atoms with Gasteiger partial charge in [0, 0.05) is 19.2 Å². The van der Waals surface area contributed by atoms with Crippen LogP contribution in [0.4, 0.5) is 8.78 Å². The molecule has 1 aromatic carbocycles. The van der Waals surface area contributed by atoms with E-state index in [2.05, 4.69) is 11.9 Å². The Morgan fingerprint density at radius 1 is 1.41 bits per heavy atom. The Kier molecular flexibility index (Phi) is 4.90. The van der Waals surface area contributed by atoms with E-state index in [4.69, 9.17) is 0 Å². The third-order valence-electron chi connectivity index (χ3n) is 3.84. The summed E-state index contributed by atoms with van der Waals surface area (Å²) < 4.78 is 26.5. The molecule has 22 heavy (non-hydrogen) atoms. The molecule has 4 nitrogen and oxygen atoms in total. The highest BCUT2D eigenvalue weighted by Gasteiger charge is 2.33. The quantitative estimate of drug-likeness (QED) is 0.846. The molecule has 0 atom stereocenters. The van der Waals surface area contributed by atoms with Gasteiger partial charge in [0.25, 0.3) is 0 Å². The number of rotatable bonds is 5. The normalized spacial score (nSPS) is 20.0. The van der Waals surface area contributed by atoms with E-state index in [0.717, 1.165) is 12.1 Å². The van der Waals surface area contributed by atoms with Crippen molar-refractivity contribution < 1.29 is 18.4 Å². The fourth-order valence-corrected chi connectivity index (χ4v) is 2.54. The Labute approximate surface area is 127 Å². The number of hydrogen-bond acceptors (Lipinski definition) is 2. The van der Waals surface area contributed by atoms with Gasteiger partial charge in [-0.3, -0.25) is 9.59 Å². The smallest absolute Gasteiger partial charge is 0.246 e. The molecular formula is C16H18F2N2O2. The molecule has 1 aromatic rings. The second-order valence-corrected chi connectivity index (χ2v) is 5.50. The lowest BCUT2D eigenvalue weighted by atomic mass is 9.75. The Bertz CT molecular complexity index is 598. The average molecular weight is 308 g/mol. The van der Waals surface area contributed by atoms with Crippen LogP contribution in [0.2, 0.25) is 0 Å². The van der Waals surface area contributed by atoms with Crippen LogP contribution in [0, 0.1) is 11.6 Å². The first-order valence-electron chi connectivity index (χ1n) is 7.02. The van der Waals surface area contributed by atoms with Crippen molar-refractivity contribution in [3.63, 3.8) is 0 Å². The van der Waals surface area contributed by atoms with Crippen LogP contribution < -0.4 is 5.32 Å². The molecule has 0 aliphatic heterocycles. The summed E-state index contributed by atoms with van der Waals surface area (Å²) in [7, 11) is 1.51. The lowest BCUT2D eigenvalue weighted by molar-refractivity contribution is -0.131. The first-order chi connectivity index (χ1) is 10.4. The molecule has 1 aliphatic carbocycles. The van der Waals surface area contributed by atoms with Crippen molar-refractivity contribution in [3.05, 3.63) is 48.1 Å². The fourth-order valence-electron chi connectivity index (χ4n) is 2.54. The SMILES string of the molecule is C=CC(=O)N(C)CC(=O)NC1CC(c2ccc(F)cc2F)C1. The fraction of sp³-hybridized carbons (Fsp3) is 0.375. The first-order valence-corrected chi connectivity index (χ1v) is 7.02. The van der Waals surface area contributed by atoms with Crippen molar-refractivity contribution in [2.24, 2.45) is 0 Å². The van der Waals surface area contributed by atoms with Gasteiger partial charge in [0.05, 0.1) is 6.54 Å². The van der Waals surface area contributed by atoms with Crippen molar-refractivity contribution in [2.45, 2.75) is 24.8 Å². The molecule has 0 radical (unpaired) electrons. The lowest BCUT2D eigenvalue weighted by Crippen LogP contribution is -2.47. The molecule has 1 N–H and O–H groups in total. The lowest BCUT2D eigenvalue weighted by Gasteiger charge is -2.36. The summed E-state index contributed by atoms with van der Waals surface area (Å²) >= 11 is 0. The third kappa shape index (κ3) is 3.69. The van der Waals surface area contributed by atoms with Crippen LogP contribution in [-0.4, -0.2) is 36.3 Å². The van der Waals surface area contributed by atoms with Crippen LogP contribution in [0.1, 0.15) is 24.3 Å². The van der Waals surface area contributed by atoms with E-state index in [1.807, 2.05) is 0 Å². The Hall–Kier alpha value is -2.24. The van der Waals surface area contributed by atoms with Crippen molar-refractivity contribution in [1.82, 2.24) is 10.2 Å². The number of nitrogens with one attached hydrogen (secondary N) is 1. The van der Waals surface area contributed by atoms with Gasteiger partial charge in [0.1, 0.15) is 11.6 Å². The number of nitrogens with zero attached hydrogens (tertiary/aromatic N) is 1. The number of carbonyl (C=O) groups excluding carboxylic acids is 2. The summed E-state index contributed by atoms with van der Waals surface area (Å²) in [5.74, 6) is -1.75. The van der Waals surface area contributed by atoms with Gasteiger partial charge < -0.3 is 10.2 Å². The molecule has 0 aromatic heterocycles. The average Bonchev–Trinajstić information content (AvgIpc) is 2.42. The minimum atomic E-state index is -0.597. The summed E-state index contributed by atoms with van der Waals surface area (Å²) in [6.07, 6.45) is 2.35. The second-order valence-electron chi connectivity index (χ2n) is 5.50. The number of benzene rings is 1. The van der Waals surface area contributed by atoms with Gasteiger partial charge >= 0.3 is 0 Å². The van der Waals surface area contributed by atoms with Gasteiger partial charge in [-0.1, -0.05) is 12.6 Å². The van der Waals surface area contributed by atoms with Crippen LogP contribution in [0.25, 0.3) is 0 Å². The van der Waals surface area contributed by atoms with Gasteiger partial charge in [-0.15, -0.1) is 0 Å². The number of likely N-dealkylation sites (N-methyl/N-ethyl adjacent to an activating group) is 1. The van der Waals surface area contributed by atoms with E-state index in [1.165, 1.54) is 24.1 Å². The van der Waals surface area contributed by atoms with Crippen molar-refractivity contribution >= 4 is 11.8 Å². The predicted molar refractivity (Wildman–Crippen MR) is 78.1 cm³/mol. The maximum atomic E-state index is 13.6. The van der Waals surface area contributed by atoms with E-state index in [0.29, 0.717) is 18.4 Å². The summed E-state index contributed by atoms with van der Waals surface area (Å²) in [4.78, 5) is 24.3. The van der Waals surface area contributed by atoms with Crippen molar-refractivity contribution in [3.8, 4) is 0 Å². The van der Waals surface area contributed by atoms with Crippen molar-refractivity contribution in [2.75, 3.05) is 13.6 Å². The Balaban J connectivity index is 1.80. The Morgan fingerprint density at radius 2 is 2.09 bits per heavy atom. The molecule has 0 bridgehead atoms. The Morgan fingerprint density at radius 3 is 2.68 bits per heavy atom. The minimum Gasteiger partial charge on any atom is -0.352 e. The number of hydrogen-bond donors (Lipinski definition) is 1. The van der Waals surface area contributed by atoms with Crippen LogP contribution >= 0.6 is 0 Å². The van der Waals surface area contributed by atoms with E-state index in [1.54, 1.807) is 0 Å². The second kappa shape index (κ2) is 6.68. The van der Waals surface area contributed by atoms with Gasteiger partial charge in [-0.2, -0.15) is 0 Å². The van der Waals surface area contributed by atoms with Crippen LogP contribution in [0.15, 0.2) is 30.9 Å². The molecule has 1 saturated carbocycles.